The zero-order valence-electron chi connectivity index (χ0n) is 20.4. The van der Waals surface area contributed by atoms with Gasteiger partial charge in [-0.3, -0.25) is 4.79 Å². The second-order valence-electron chi connectivity index (χ2n) is 8.97. The number of rotatable bonds is 9. The van der Waals surface area contributed by atoms with E-state index in [9.17, 15) is 24.0 Å². The largest absolute Gasteiger partial charge is 0.467 e. The number of carbonyl (C=O) groups is 5. The molecule has 0 aliphatic carbocycles. The van der Waals surface area contributed by atoms with Crippen LogP contribution in [-0.4, -0.2) is 73.1 Å². The molecule has 11 heteroatoms. The summed E-state index contributed by atoms with van der Waals surface area (Å²) in [7, 11) is 1.22. The number of hydrogen-bond donors (Lipinski definition) is 2. The Morgan fingerprint density at radius 2 is 1.69 bits per heavy atom. The van der Waals surface area contributed by atoms with Crippen LogP contribution in [0, 0.1) is 0 Å². The third-order valence-corrected chi connectivity index (χ3v) is 5.21. The molecular weight excluding hydrogens is 458 g/mol. The molecule has 3 atom stereocenters. The highest BCUT2D eigenvalue weighted by Gasteiger charge is 2.44. The molecule has 1 saturated heterocycles. The fourth-order valence-corrected chi connectivity index (χ4v) is 3.74. The molecule has 3 amide bonds. The molecule has 11 nitrogen and oxygen atoms in total. The Bertz CT molecular complexity index is 900. The minimum atomic E-state index is -1.35. The summed E-state index contributed by atoms with van der Waals surface area (Å²) in [5.74, 6) is -1.23. The second-order valence-corrected chi connectivity index (χ2v) is 8.97. The van der Waals surface area contributed by atoms with E-state index in [1.165, 1.54) is 12.0 Å². The van der Waals surface area contributed by atoms with E-state index in [-0.39, 0.29) is 19.5 Å². The fourth-order valence-electron chi connectivity index (χ4n) is 3.74. The molecule has 1 aromatic carbocycles. The van der Waals surface area contributed by atoms with Crippen LogP contribution < -0.4 is 10.6 Å². The number of nitrogens with zero attached hydrogens (tertiary/aromatic N) is 1. The standard InChI is InChI=1S/C24H33N3O8/c1-24(2,3)35-23(32)26-14-13-25-22(31)34-19(16-8-6-5-7-9-16)20(29)27-17(12-15-28)10-11-18(27)21(30)33-4/h5-9,15,17-19H,10-14H2,1-4H3,(H,25,31)(H,26,32)/t17?,18-,19-/m0/s1. The number of ether oxygens (including phenoxy) is 3. The minimum absolute atomic E-state index is 0.0239. The number of alkyl carbamates (subject to hydrolysis) is 2. The fraction of sp³-hybridized carbons (Fsp3) is 0.542. The van der Waals surface area contributed by atoms with Gasteiger partial charge in [-0.05, 0) is 33.6 Å². The lowest BCUT2D eigenvalue weighted by Gasteiger charge is -2.31. The van der Waals surface area contributed by atoms with Crippen molar-refractivity contribution >= 4 is 30.3 Å². The Kier molecular flexibility index (Phi) is 10.0. The number of carbonyl (C=O) groups excluding carboxylic acids is 5. The molecule has 2 rings (SSSR count). The number of likely N-dealkylation sites (tertiary alicyclic amines) is 1. The number of nitrogens with one attached hydrogen (secondary N) is 2. The summed E-state index contributed by atoms with van der Waals surface area (Å²) >= 11 is 0. The summed E-state index contributed by atoms with van der Waals surface area (Å²) < 4.78 is 15.4. The number of esters is 1. The average Bonchev–Trinajstić information content (AvgIpc) is 3.22. The van der Waals surface area contributed by atoms with Gasteiger partial charge in [0.2, 0.25) is 6.10 Å². The third kappa shape index (κ3) is 8.27. The molecule has 35 heavy (non-hydrogen) atoms. The van der Waals surface area contributed by atoms with E-state index in [0.29, 0.717) is 24.7 Å². The number of methoxy groups -OCH3 is 1. The first-order valence-corrected chi connectivity index (χ1v) is 11.4. The van der Waals surface area contributed by atoms with Crippen molar-refractivity contribution in [2.24, 2.45) is 0 Å². The molecule has 0 spiro atoms. The molecule has 1 heterocycles. The summed E-state index contributed by atoms with van der Waals surface area (Å²) in [4.78, 5) is 62.6. The molecule has 2 N–H and O–H groups in total. The van der Waals surface area contributed by atoms with Gasteiger partial charge in [0.05, 0.1) is 7.11 Å². The van der Waals surface area contributed by atoms with Crippen molar-refractivity contribution in [3.8, 4) is 0 Å². The highest BCUT2D eigenvalue weighted by Crippen LogP contribution is 2.32. The normalized spacial score (nSPS) is 18.2. The van der Waals surface area contributed by atoms with Gasteiger partial charge in [-0.2, -0.15) is 0 Å². The molecule has 1 aromatic rings. The van der Waals surface area contributed by atoms with Crippen LogP contribution in [0.3, 0.4) is 0 Å². The minimum Gasteiger partial charge on any atom is -0.467 e. The second kappa shape index (κ2) is 12.7. The predicted octanol–water partition coefficient (Wildman–Crippen LogP) is 2.10. The first kappa shape index (κ1) is 27.6. The van der Waals surface area contributed by atoms with E-state index in [0.717, 1.165) is 0 Å². The van der Waals surface area contributed by atoms with Gasteiger partial charge in [-0.15, -0.1) is 0 Å². The Hall–Kier alpha value is -3.63. The Labute approximate surface area is 204 Å². The lowest BCUT2D eigenvalue weighted by atomic mass is 10.1. The third-order valence-electron chi connectivity index (χ3n) is 5.21. The Morgan fingerprint density at radius 3 is 2.26 bits per heavy atom. The first-order valence-electron chi connectivity index (χ1n) is 11.4. The Morgan fingerprint density at radius 1 is 1.06 bits per heavy atom. The molecule has 0 radical (unpaired) electrons. The van der Waals surface area contributed by atoms with Crippen LogP contribution in [0.1, 0.15) is 51.7 Å². The SMILES string of the molecule is COC(=O)[C@@H]1CCC(CC=O)N1C(=O)[C@@H](OC(=O)NCCNC(=O)OC(C)(C)C)c1ccccc1. The van der Waals surface area contributed by atoms with Gasteiger partial charge in [-0.1, -0.05) is 30.3 Å². The van der Waals surface area contributed by atoms with Gasteiger partial charge in [-0.25, -0.2) is 14.4 Å². The molecule has 0 bridgehead atoms. The Balaban J connectivity index is 2.10. The van der Waals surface area contributed by atoms with Gasteiger partial charge >= 0.3 is 18.2 Å². The lowest BCUT2D eigenvalue weighted by Crippen LogP contribution is -2.48. The van der Waals surface area contributed by atoms with Gasteiger partial charge in [0, 0.05) is 31.1 Å². The monoisotopic (exact) mass is 491 g/mol. The first-order chi connectivity index (χ1) is 16.6. The van der Waals surface area contributed by atoms with Crippen molar-refractivity contribution in [2.45, 2.75) is 63.8 Å². The summed E-state index contributed by atoms with van der Waals surface area (Å²) in [6, 6.07) is 6.97. The predicted molar refractivity (Wildman–Crippen MR) is 124 cm³/mol. The molecule has 1 unspecified atom stereocenters. The quantitative estimate of drug-likeness (QED) is 0.232. The summed E-state index contributed by atoms with van der Waals surface area (Å²) in [6.45, 7) is 5.29. The molecule has 0 saturated carbocycles. The van der Waals surface area contributed by atoms with Crippen molar-refractivity contribution in [1.82, 2.24) is 15.5 Å². The topological polar surface area (TPSA) is 140 Å². The van der Waals surface area contributed by atoms with Crippen LogP contribution in [0.4, 0.5) is 9.59 Å². The molecular formula is C24H33N3O8. The van der Waals surface area contributed by atoms with Gasteiger partial charge in [0.25, 0.3) is 5.91 Å². The average molecular weight is 492 g/mol. The molecule has 0 aromatic heterocycles. The van der Waals surface area contributed by atoms with E-state index in [2.05, 4.69) is 10.6 Å². The highest BCUT2D eigenvalue weighted by molar-refractivity contribution is 5.90. The van der Waals surface area contributed by atoms with Crippen molar-refractivity contribution in [2.75, 3.05) is 20.2 Å². The van der Waals surface area contributed by atoms with Crippen LogP contribution >= 0.6 is 0 Å². The van der Waals surface area contributed by atoms with E-state index in [4.69, 9.17) is 14.2 Å². The van der Waals surface area contributed by atoms with E-state index < -0.39 is 47.9 Å². The summed E-state index contributed by atoms with van der Waals surface area (Å²) in [6.07, 6.45) is -1.37. The van der Waals surface area contributed by atoms with Crippen molar-refractivity contribution in [3.05, 3.63) is 35.9 Å². The smallest absolute Gasteiger partial charge is 0.408 e. The number of benzene rings is 1. The van der Waals surface area contributed by atoms with Crippen LogP contribution in [-0.2, 0) is 28.6 Å². The van der Waals surface area contributed by atoms with Gasteiger partial charge in [0.15, 0.2) is 0 Å². The zero-order chi connectivity index (χ0) is 26.0. The van der Waals surface area contributed by atoms with Crippen LogP contribution in [0.2, 0.25) is 0 Å². The van der Waals surface area contributed by atoms with Crippen LogP contribution in [0.5, 0.6) is 0 Å². The maximum atomic E-state index is 13.6. The molecule has 192 valence electrons. The molecule has 1 aliphatic heterocycles. The summed E-state index contributed by atoms with van der Waals surface area (Å²) in [5, 5.41) is 4.98. The van der Waals surface area contributed by atoms with Crippen molar-refractivity contribution in [1.29, 1.82) is 0 Å². The maximum absolute atomic E-state index is 13.6. The van der Waals surface area contributed by atoms with Crippen molar-refractivity contribution in [3.63, 3.8) is 0 Å². The molecule has 1 aliphatic rings. The maximum Gasteiger partial charge on any atom is 0.408 e. The van der Waals surface area contributed by atoms with E-state index in [1.54, 1.807) is 51.1 Å². The number of hydrogen-bond acceptors (Lipinski definition) is 8. The van der Waals surface area contributed by atoms with Gasteiger partial charge in [0.1, 0.15) is 17.9 Å². The highest BCUT2D eigenvalue weighted by atomic mass is 16.6. The van der Waals surface area contributed by atoms with Gasteiger partial charge < -0.3 is 34.5 Å². The van der Waals surface area contributed by atoms with E-state index >= 15 is 0 Å². The van der Waals surface area contributed by atoms with Crippen LogP contribution in [0.25, 0.3) is 0 Å². The van der Waals surface area contributed by atoms with Crippen molar-refractivity contribution < 1.29 is 38.2 Å². The van der Waals surface area contributed by atoms with E-state index in [1.807, 2.05) is 0 Å². The zero-order valence-corrected chi connectivity index (χ0v) is 20.4. The number of amides is 3. The van der Waals surface area contributed by atoms with Crippen LogP contribution in [0.15, 0.2) is 30.3 Å². The number of aldehydes is 1. The summed E-state index contributed by atoms with van der Waals surface area (Å²) in [5.41, 5.74) is -0.251. The molecule has 1 fully saturated rings. The lowest BCUT2D eigenvalue weighted by molar-refractivity contribution is -0.156.